The third-order valence-corrected chi connectivity index (χ3v) is 5.86. The predicted octanol–water partition coefficient (Wildman–Crippen LogP) is 4.46. The summed E-state index contributed by atoms with van der Waals surface area (Å²) in [4.78, 5) is 40.3. The molecular formula is C25H20ClN3O4S. The Morgan fingerprint density at radius 1 is 1.03 bits per heavy atom. The number of aromatic nitrogens is 2. The molecule has 0 aliphatic carbocycles. The second kappa shape index (κ2) is 10.0. The monoisotopic (exact) mass is 493 g/mol. The van der Waals surface area contributed by atoms with Gasteiger partial charge in [0.05, 0.1) is 29.3 Å². The maximum atomic E-state index is 13.1. The normalized spacial score (nSPS) is 10.8. The van der Waals surface area contributed by atoms with E-state index >= 15 is 0 Å². The zero-order chi connectivity index (χ0) is 24.2. The molecule has 172 valence electrons. The van der Waals surface area contributed by atoms with E-state index in [0.29, 0.717) is 45.7 Å². The summed E-state index contributed by atoms with van der Waals surface area (Å²) in [6.45, 7) is 0.477. The molecule has 4 rings (SSSR count). The number of H-pyrrole nitrogens is 1. The van der Waals surface area contributed by atoms with Crippen LogP contribution in [0.15, 0.2) is 71.5 Å². The molecule has 0 aliphatic heterocycles. The van der Waals surface area contributed by atoms with Crippen molar-refractivity contribution in [2.45, 2.75) is 6.42 Å². The van der Waals surface area contributed by atoms with Gasteiger partial charge in [-0.1, -0.05) is 23.7 Å². The molecule has 0 unspecified atom stereocenters. The summed E-state index contributed by atoms with van der Waals surface area (Å²) in [5, 5.41) is 3.92. The number of fused-ring (bicyclic) bond motifs is 1. The molecule has 0 radical (unpaired) electrons. The first-order valence-corrected chi connectivity index (χ1v) is 11.2. The summed E-state index contributed by atoms with van der Waals surface area (Å²) >= 11 is 11.3. The summed E-state index contributed by atoms with van der Waals surface area (Å²) in [6, 6.07) is 18.7. The summed E-state index contributed by atoms with van der Waals surface area (Å²) in [5.74, 6) is -0.723. The molecule has 7 nitrogen and oxygen atoms in total. The number of carbonyl (C=O) groups is 2. The van der Waals surface area contributed by atoms with Gasteiger partial charge < -0.3 is 15.0 Å². The standard InChI is InChI=1S/C25H20ClN3O4S/c1-33-24(32)17-6-11-20-21(14-17)28-25(34)29(23(20)31)19-9-4-16(5-10-19)22(30)27-13-12-15-2-7-18(26)8-3-15/h2-11,14H,12-13H2,1H3,(H,27,30)(H,28,34). The van der Waals surface area contributed by atoms with E-state index in [1.165, 1.54) is 23.8 Å². The highest BCUT2D eigenvalue weighted by Crippen LogP contribution is 2.15. The van der Waals surface area contributed by atoms with Crippen molar-refractivity contribution in [2.75, 3.05) is 13.7 Å². The number of benzene rings is 3. The second-order valence-electron chi connectivity index (χ2n) is 7.50. The number of halogens is 1. The van der Waals surface area contributed by atoms with Crippen molar-refractivity contribution in [1.29, 1.82) is 0 Å². The van der Waals surface area contributed by atoms with Gasteiger partial charge >= 0.3 is 5.97 Å². The molecule has 0 bridgehead atoms. The Balaban J connectivity index is 1.52. The van der Waals surface area contributed by atoms with Crippen molar-refractivity contribution < 1.29 is 14.3 Å². The van der Waals surface area contributed by atoms with E-state index in [0.717, 1.165) is 5.56 Å². The number of hydrogen-bond donors (Lipinski definition) is 2. The Labute approximate surface area is 205 Å². The Bertz CT molecular complexity index is 1490. The molecule has 0 saturated carbocycles. The first-order valence-electron chi connectivity index (χ1n) is 10.4. The lowest BCUT2D eigenvalue weighted by Gasteiger charge is -2.10. The highest BCUT2D eigenvalue weighted by molar-refractivity contribution is 7.71. The van der Waals surface area contributed by atoms with Crippen LogP contribution >= 0.6 is 23.8 Å². The molecule has 0 atom stereocenters. The maximum absolute atomic E-state index is 13.1. The van der Waals surface area contributed by atoms with Crippen molar-refractivity contribution in [1.82, 2.24) is 14.9 Å². The average Bonchev–Trinajstić information content (AvgIpc) is 2.84. The summed E-state index contributed by atoms with van der Waals surface area (Å²) < 4.78 is 6.23. The van der Waals surface area contributed by atoms with Crippen molar-refractivity contribution in [2.24, 2.45) is 0 Å². The summed E-state index contributed by atoms with van der Waals surface area (Å²) in [5.41, 5.74) is 2.46. The number of nitrogens with zero attached hydrogens (tertiary/aromatic N) is 1. The second-order valence-corrected chi connectivity index (χ2v) is 8.33. The minimum atomic E-state index is -0.507. The Kier molecular flexibility index (Phi) is 6.90. The molecule has 3 aromatic carbocycles. The molecule has 0 saturated heterocycles. The van der Waals surface area contributed by atoms with E-state index in [2.05, 4.69) is 10.3 Å². The Hall–Kier alpha value is -3.75. The molecule has 1 heterocycles. The fourth-order valence-electron chi connectivity index (χ4n) is 3.53. The van der Waals surface area contributed by atoms with Crippen molar-refractivity contribution >= 4 is 46.6 Å². The minimum absolute atomic E-state index is 0.166. The first kappa shape index (κ1) is 23.4. The topological polar surface area (TPSA) is 93.2 Å². The summed E-state index contributed by atoms with van der Waals surface area (Å²) in [6.07, 6.45) is 0.681. The largest absolute Gasteiger partial charge is 0.465 e. The molecule has 1 amide bonds. The van der Waals surface area contributed by atoms with Gasteiger partial charge in [-0.25, -0.2) is 4.79 Å². The van der Waals surface area contributed by atoms with Crippen LogP contribution in [0, 0.1) is 4.77 Å². The number of rotatable bonds is 6. The van der Waals surface area contributed by atoms with Crippen molar-refractivity contribution in [3.63, 3.8) is 0 Å². The molecular weight excluding hydrogens is 474 g/mol. The number of ether oxygens (including phenoxy) is 1. The number of nitrogens with one attached hydrogen (secondary N) is 2. The first-order chi connectivity index (χ1) is 16.4. The number of carbonyl (C=O) groups excluding carboxylic acids is 2. The molecule has 34 heavy (non-hydrogen) atoms. The number of amides is 1. The van der Waals surface area contributed by atoms with Gasteiger partial charge in [0.1, 0.15) is 0 Å². The highest BCUT2D eigenvalue weighted by atomic mass is 35.5. The van der Waals surface area contributed by atoms with E-state index in [1.807, 2.05) is 24.3 Å². The molecule has 0 aliphatic rings. The minimum Gasteiger partial charge on any atom is -0.465 e. The smallest absolute Gasteiger partial charge is 0.337 e. The van der Waals surface area contributed by atoms with E-state index in [4.69, 9.17) is 28.6 Å². The number of hydrogen-bond acceptors (Lipinski definition) is 5. The van der Waals surface area contributed by atoms with Crippen LogP contribution in [-0.2, 0) is 11.2 Å². The molecule has 0 spiro atoms. The lowest BCUT2D eigenvalue weighted by molar-refractivity contribution is 0.0600. The fourth-order valence-corrected chi connectivity index (χ4v) is 3.96. The molecule has 2 N–H and O–H groups in total. The fraction of sp³-hybridized carbons (Fsp3) is 0.120. The van der Waals surface area contributed by atoms with Gasteiger partial charge in [-0.2, -0.15) is 0 Å². The van der Waals surface area contributed by atoms with Gasteiger partial charge in [-0.05, 0) is 78.8 Å². The Morgan fingerprint density at radius 3 is 2.38 bits per heavy atom. The van der Waals surface area contributed by atoms with E-state index in [9.17, 15) is 14.4 Å². The van der Waals surface area contributed by atoms with Crippen LogP contribution in [0.3, 0.4) is 0 Å². The van der Waals surface area contributed by atoms with Crippen LogP contribution in [0.25, 0.3) is 16.6 Å². The Morgan fingerprint density at radius 2 is 1.71 bits per heavy atom. The number of methoxy groups -OCH3 is 1. The molecule has 1 aromatic heterocycles. The van der Waals surface area contributed by atoms with Gasteiger partial charge in [0.25, 0.3) is 11.5 Å². The number of esters is 1. The third-order valence-electron chi connectivity index (χ3n) is 5.32. The van der Waals surface area contributed by atoms with Crippen LogP contribution in [0.5, 0.6) is 0 Å². The van der Waals surface area contributed by atoms with Gasteiger partial charge in [0.2, 0.25) is 0 Å². The van der Waals surface area contributed by atoms with Gasteiger partial charge in [0, 0.05) is 17.1 Å². The van der Waals surface area contributed by atoms with Crippen LogP contribution in [-0.4, -0.2) is 35.1 Å². The van der Waals surface area contributed by atoms with Gasteiger partial charge in [-0.3, -0.25) is 14.2 Å². The lowest BCUT2D eigenvalue weighted by atomic mass is 10.1. The third kappa shape index (κ3) is 4.93. The maximum Gasteiger partial charge on any atom is 0.337 e. The quantitative estimate of drug-likeness (QED) is 0.305. The average molecular weight is 494 g/mol. The highest BCUT2D eigenvalue weighted by Gasteiger charge is 2.12. The van der Waals surface area contributed by atoms with Gasteiger partial charge in [-0.15, -0.1) is 0 Å². The van der Waals surface area contributed by atoms with E-state index in [-0.39, 0.29) is 16.2 Å². The molecule has 0 fully saturated rings. The summed E-state index contributed by atoms with van der Waals surface area (Å²) in [7, 11) is 1.29. The van der Waals surface area contributed by atoms with Crippen molar-refractivity contribution in [3.05, 3.63) is 104 Å². The van der Waals surface area contributed by atoms with Crippen LogP contribution < -0.4 is 10.9 Å². The number of aromatic amines is 1. The van der Waals surface area contributed by atoms with Crippen LogP contribution in [0.1, 0.15) is 26.3 Å². The SMILES string of the molecule is COC(=O)c1ccc2c(=O)n(-c3ccc(C(=O)NCCc4ccc(Cl)cc4)cc3)c(=S)[nH]c2c1. The van der Waals surface area contributed by atoms with Crippen LogP contribution in [0.2, 0.25) is 5.02 Å². The van der Waals surface area contributed by atoms with Crippen LogP contribution in [0.4, 0.5) is 0 Å². The lowest BCUT2D eigenvalue weighted by Crippen LogP contribution is -2.26. The molecule has 4 aromatic rings. The van der Waals surface area contributed by atoms with Crippen molar-refractivity contribution in [3.8, 4) is 5.69 Å². The van der Waals surface area contributed by atoms with E-state index in [1.54, 1.807) is 30.3 Å². The van der Waals surface area contributed by atoms with Gasteiger partial charge in [0.15, 0.2) is 4.77 Å². The zero-order valence-electron chi connectivity index (χ0n) is 18.1. The zero-order valence-corrected chi connectivity index (χ0v) is 19.7. The van der Waals surface area contributed by atoms with E-state index < -0.39 is 5.97 Å². The predicted molar refractivity (Wildman–Crippen MR) is 134 cm³/mol. The molecule has 9 heteroatoms.